The molecule has 0 bridgehead atoms. The number of esters is 1. The van der Waals surface area contributed by atoms with E-state index in [0.717, 1.165) is 22.2 Å². The van der Waals surface area contributed by atoms with Crippen molar-refractivity contribution in [1.29, 1.82) is 0 Å². The minimum atomic E-state index is -0.458. The highest BCUT2D eigenvalue weighted by atomic mass is 35.5. The number of hydrogen-bond donors (Lipinski definition) is 1. The maximum absolute atomic E-state index is 11.8. The number of imidazole rings is 1. The molecule has 1 aromatic heterocycles. The highest BCUT2D eigenvalue weighted by Gasteiger charge is 2.15. The molecule has 3 rings (SSSR count). The van der Waals surface area contributed by atoms with Crippen molar-refractivity contribution < 1.29 is 9.53 Å². The lowest BCUT2D eigenvalue weighted by Gasteiger charge is -2.03. The zero-order valence-corrected chi connectivity index (χ0v) is 12.9. The van der Waals surface area contributed by atoms with Gasteiger partial charge < -0.3 is 9.72 Å². The fourth-order valence-corrected chi connectivity index (χ4v) is 2.64. The van der Waals surface area contributed by atoms with Crippen LogP contribution in [-0.2, 0) is 11.2 Å². The number of fused-ring (bicyclic) bond motifs is 1. The molecule has 4 nitrogen and oxygen atoms in total. The van der Waals surface area contributed by atoms with Gasteiger partial charge in [-0.3, -0.25) is 0 Å². The number of aromatic nitrogens is 2. The molecule has 5 heteroatoms. The van der Waals surface area contributed by atoms with E-state index in [9.17, 15) is 4.79 Å². The highest BCUT2D eigenvalue weighted by Crippen LogP contribution is 2.25. The standard InChI is InChI=1S/C17H15ClN2O2/c1-2-22-17(21)16-19-14-10-13(18)9-12(15(14)20-16)8-11-6-4-3-5-7-11/h3-7,9-10H,2,8H2,1H3,(H,19,20). The van der Waals surface area contributed by atoms with Crippen molar-refractivity contribution in [1.82, 2.24) is 9.97 Å². The number of aromatic amines is 1. The van der Waals surface area contributed by atoms with Crippen LogP contribution in [-0.4, -0.2) is 22.5 Å². The lowest BCUT2D eigenvalue weighted by molar-refractivity contribution is 0.0514. The molecule has 112 valence electrons. The summed E-state index contributed by atoms with van der Waals surface area (Å²) in [4.78, 5) is 19.2. The molecule has 0 aliphatic rings. The van der Waals surface area contributed by atoms with Crippen molar-refractivity contribution in [3.05, 3.63) is 64.4 Å². The molecule has 0 atom stereocenters. The second-order valence-corrected chi connectivity index (χ2v) is 5.37. The van der Waals surface area contributed by atoms with Gasteiger partial charge in [-0.2, -0.15) is 0 Å². The normalized spacial score (nSPS) is 10.8. The fourth-order valence-electron chi connectivity index (χ4n) is 2.40. The quantitative estimate of drug-likeness (QED) is 0.741. The number of H-pyrrole nitrogens is 1. The van der Waals surface area contributed by atoms with Gasteiger partial charge in [0.05, 0.1) is 17.6 Å². The molecule has 0 spiro atoms. The topological polar surface area (TPSA) is 55.0 Å². The third kappa shape index (κ3) is 2.97. The number of nitrogens with zero attached hydrogens (tertiary/aromatic N) is 1. The van der Waals surface area contributed by atoms with Crippen molar-refractivity contribution in [3.63, 3.8) is 0 Å². The Balaban J connectivity index is 2.03. The van der Waals surface area contributed by atoms with E-state index >= 15 is 0 Å². The van der Waals surface area contributed by atoms with Gasteiger partial charge >= 0.3 is 5.97 Å². The van der Waals surface area contributed by atoms with Crippen molar-refractivity contribution in [2.45, 2.75) is 13.3 Å². The van der Waals surface area contributed by atoms with E-state index in [-0.39, 0.29) is 5.82 Å². The van der Waals surface area contributed by atoms with E-state index < -0.39 is 5.97 Å². The van der Waals surface area contributed by atoms with Gasteiger partial charge in [-0.15, -0.1) is 0 Å². The first kappa shape index (κ1) is 14.6. The summed E-state index contributed by atoms with van der Waals surface area (Å²) in [5, 5.41) is 0.609. The van der Waals surface area contributed by atoms with E-state index in [1.807, 2.05) is 36.4 Å². The summed E-state index contributed by atoms with van der Waals surface area (Å²) in [6.07, 6.45) is 0.699. The van der Waals surface area contributed by atoms with Crippen molar-refractivity contribution in [2.75, 3.05) is 6.61 Å². The number of carbonyl (C=O) groups excluding carboxylic acids is 1. The van der Waals surface area contributed by atoms with Crippen LogP contribution in [0, 0.1) is 0 Å². The maximum Gasteiger partial charge on any atom is 0.374 e. The van der Waals surface area contributed by atoms with Gasteiger partial charge in [0.1, 0.15) is 0 Å². The van der Waals surface area contributed by atoms with Crippen LogP contribution in [0.5, 0.6) is 0 Å². The molecule has 3 aromatic rings. The summed E-state index contributed by atoms with van der Waals surface area (Å²) in [6.45, 7) is 2.08. The van der Waals surface area contributed by atoms with Crippen LogP contribution in [0.15, 0.2) is 42.5 Å². The minimum absolute atomic E-state index is 0.202. The maximum atomic E-state index is 11.8. The number of halogens is 1. The number of benzene rings is 2. The van der Waals surface area contributed by atoms with Crippen molar-refractivity contribution in [2.24, 2.45) is 0 Å². The summed E-state index contributed by atoms with van der Waals surface area (Å²) >= 11 is 6.18. The lowest BCUT2D eigenvalue weighted by Crippen LogP contribution is -2.06. The van der Waals surface area contributed by atoms with E-state index in [0.29, 0.717) is 18.1 Å². The number of carbonyl (C=O) groups is 1. The van der Waals surface area contributed by atoms with Crippen LogP contribution < -0.4 is 0 Å². The monoisotopic (exact) mass is 314 g/mol. The molecule has 1 heterocycles. The lowest BCUT2D eigenvalue weighted by atomic mass is 10.0. The molecule has 0 amide bonds. The van der Waals surface area contributed by atoms with Gasteiger partial charge in [-0.25, -0.2) is 9.78 Å². The first-order valence-electron chi connectivity index (χ1n) is 7.06. The zero-order valence-electron chi connectivity index (χ0n) is 12.1. The SMILES string of the molecule is CCOC(=O)c1nc2c(Cc3ccccc3)cc(Cl)cc2[nH]1. The number of ether oxygens (including phenoxy) is 1. The second-order valence-electron chi connectivity index (χ2n) is 4.93. The summed E-state index contributed by atoms with van der Waals surface area (Å²) in [7, 11) is 0. The van der Waals surface area contributed by atoms with Gasteiger partial charge in [-0.05, 0) is 36.6 Å². The number of nitrogens with one attached hydrogen (secondary N) is 1. The molecule has 22 heavy (non-hydrogen) atoms. The average molecular weight is 315 g/mol. The van der Waals surface area contributed by atoms with E-state index in [1.165, 1.54) is 0 Å². The Morgan fingerprint density at radius 1 is 1.27 bits per heavy atom. The van der Waals surface area contributed by atoms with Crippen LogP contribution in [0.2, 0.25) is 5.02 Å². The first-order valence-corrected chi connectivity index (χ1v) is 7.44. The van der Waals surface area contributed by atoms with Gasteiger partial charge in [-0.1, -0.05) is 41.9 Å². The summed E-state index contributed by atoms with van der Waals surface area (Å²) < 4.78 is 4.98. The van der Waals surface area contributed by atoms with E-state index in [2.05, 4.69) is 9.97 Å². The zero-order chi connectivity index (χ0) is 15.5. The Kier molecular flexibility index (Phi) is 4.11. The first-order chi connectivity index (χ1) is 10.7. The van der Waals surface area contributed by atoms with Gasteiger partial charge in [0, 0.05) is 5.02 Å². The third-order valence-electron chi connectivity index (χ3n) is 3.34. The highest BCUT2D eigenvalue weighted by molar-refractivity contribution is 6.31. The van der Waals surface area contributed by atoms with Crippen molar-refractivity contribution in [3.8, 4) is 0 Å². The Morgan fingerprint density at radius 2 is 2.05 bits per heavy atom. The predicted molar refractivity (Wildman–Crippen MR) is 86.3 cm³/mol. The Hall–Kier alpha value is -2.33. The van der Waals surface area contributed by atoms with E-state index in [4.69, 9.17) is 16.3 Å². The van der Waals surface area contributed by atoms with Crippen LogP contribution in [0.4, 0.5) is 0 Å². The Morgan fingerprint density at radius 3 is 2.77 bits per heavy atom. The molecular formula is C17H15ClN2O2. The third-order valence-corrected chi connectivity index (χ3v) is 3.55. The smallest absolute Gasteiger partial charge is 0.374 e. The summed E-state index contributed by atoms with van der Waals surface area (Å²) in [5.41, 5.74) is 3.62. The van der Waals surface area contributed by atoms with Gasteiger partial charge in [0.25, 0.3) is 0 Å². The fraction of sp³-hybridized carbons (Fsp3) is 0.176. The molecule has 0 saturated heterocycles. The molecule has 0 aliphatic heterocycles. The van der Waals surface area contributed by atoms with E-state index in [1.54, 1.807) is 13.0 Å². The Labute approximate surface area is 133 Å². The van der Waals surface area contributed by atoms with Crippen LogP contribution >= 0.6 is 11.6 Å². The molecule has 0 fully saturated rings. The molecular weight excluding hydrogens is 300 g/mol. The molecule has 0 aliphatic carbocycles. The average Bonchev–Trinajstić information content (AvgIpc) is 2.92. The number of rotatable bonds is 4. The number of hydrogen-bond acceptors (Lipinski definition) is 3. The Bertz CT molecular complexity index is 812. The minimum Gasteiger partial charge on any atom is -0.460 e. The van der Waals surface area contributed by atoms with Crippen LogP contribution in [0.25, 0.3) is 11.0 Å². The van der Waals surface area contributed by atoms with Gasteiger partial charge in [0.15, 0.2) is 0 Å². The van der Waals surface area contributed by atoms with Crippen LogP contribution in [0.1, 0.15) is 28.7 Å². The van der Waals surface area contributed by atoms with Crippen LogP contribution in [0.3, 0.4) is 0 Å². The molecule has 1 N–H and O–H groups in total. The molecule has 2 aromatic carbocycles. The second kappa shape index (κ2) is 6.20. The largest absolute Gasteiger partial charge is 0.460 e. The summed E-state index contributed by atoms with van der Waals surface area (Å²) in [5.74, 6) is -0.256. The predicted octanol–water partition coefficient (Wildman–Crippen LogP) is 3.98. The van der Waals surface area contributed by atoms with Crippen molar-refractivity contribution >= 4 is 28.6 Å². The molecule has 0 saturated carbocycles. The molecule has 0 radical (unpaired) electrons. The summed E-state index contributed by atoms with van der Waals surface area (Å²) in [6, 6.07) is 13.7. The molecule has 0 unspecified atom stereocenters. The van der Waals surface area contributed by atoms with Gasteiger partial charge in [0.2, 0.25) is 5.82 Å².